The van der Waals surface area contributed by atoms with Crippen molar-refractivity contribution in [1.82, 2.24) is 15.1 Å². The molecule has 2 aliphatic heterocycles. The van der Waals surface area contributed by atoms with Crippen LogP contribution in [-0.4, -0.2) is 63.5 Å². The van der Waals surface area contributed by atoms with Gasteiger partial charge in [-0.15, -0.1) is 0 Å². The predicted octanol–water partition coefficient (Wildman–Crippen LogP) is 2.45. The molecule has 0 radical (unpaired) electrons. The van der Waals surface area contributed by atoms with Gasteiger partial charge in [-0.3, -0.25) is 14.5 Å². The van der Waals surface area contributed by atoms with Crippen LogP contribution in [0.3, 0.4) is 0 Å². The van der Waals surface area contributed by atoms with E-state index in [0.29, 0.717) is 25.8 Å². The number of piperazine rings is 1. The van der Waals surface area contributed by atoms with Crippen LogP contribution < -0.4 is 5.32 Å². The molecule has 0 bridgehead atoms. The average Bonchev–Trinajstić information content (AvgIpc) is 2.75. The van der Waals surface area contributed by atoms with Gasteiger partial charge in [0.25, 0.3) is 0 Å². The summed E-state index contributed by atoms with van der Waals surface area (Å²) < 4.78 is 0. The molecule has 0 unspecified atom stereocenters. The molecule has 1 aromatic carbocycles. The molecule has 6 heteroatoms. The summed E-state index contributed by atoms with van der Waals surface area (Å²) in [5, 5.41) is 14.0. The van der Waals surface area contributed by atoms with E-state index in [2.05, 4.69) is 22.3 Å². The molecule has 6 nitrogen and oxygen atoms in total. The van der Waals surface area contributed by atoms with Crippen LogP contribution in [0.1, 0.15) is 63.9 Å². The summed E-state index contributed by atoms with van der Waals surface area (Å²) in [6, 6.07) is 9.76. The number of aliphatic hydroxyl groups is 1. The van der Waals surface area contributed by atoms with E-state index in [0.717, 1.165) is 51.7 Å². The molecule has 3 aliphatic rings. The van der Waals surface area contributed by atoms with Crippen molar-refractivity contribution in [2.45, 2.75) is 82.0 Å². The summed E-state index contributed by atoms with van der Waals surface area (Å²) in [4.78, 5) is 30.8. The number of hydrogen-bond donors (Lipinski definition) is 2. The summed E-state index contributed by atoms with van der Waals surface area (Å²) >= 11 is 0. The van der Waals surface area contributed by atoms with E-state index >= 15 is 0 Å². The third-order valence-corrected chi connectivity index (χ3v) is 7.43. The number of nitrogens with one attached hydrogen (secondary N) is 1. The molecule has 1 aromatic rings. The zero-order chi connectivity index (χ0) is 21.2. The lowest BCUT2D eigenvalue weighted by Crippen LogP contribution is -2.73. The smallest absolute Gasteiger partial charge is 0.246 e. The molecule has 2 N–H and O–H groups in total. The van der Waals surface area contributed by atoms with Gasteiger partial charge in [0.05, 0.1) is 5.60 Å². The number of likely N-dealkylation sites (N-methyl/N-ethyl adjacent to an activating group) is 1. The third kappa shape index (κ3) is 4.12. The minimum atomic E-state index is -0.825. The van der Waals surface area contributed by atoms with Crippen molar-refractivity contribution in [1.29, 1.82) is 0 Å². The highest BCUT2D eigenvalue weighted by Crippen LogP contribution is 2.37. The molecule has 2 saturated heterocycles. The maximum Gasteiger partial charge on any atom is 0.246 e. The van der Waals surface area contributed by atoms with Gasteiger partial charge in [-0.2, -0.15) is 0 Å². The first-order valence-electron chi connectivity index (χ1n) is 11.6. The Morgan fingerprint density at radius 1 is 1.03 bits per heavy atom. The molecule has 1 saturated carbocycles. The minimum Gasteiger partial charge on any atom is -0.390 e. The second-order valence-corrected chi connectivity index (χ2v) is 9.39. The van der Waals surface area contributed by atoms with E-state index in [1.54, 1.807) is 0 Å². The fourth-order valence-corrected chi connectivity index (χ4v) is 5.69. The molecule has 1 spiro atoms. The lowest BCUT2D eigenvalue weighted by Gasteiger charge is -2.52. The monoisotopic (exact) mass is 413 g/mol. The zero-order valence-corrected chi connectivity index (χ0v) is 18.1. The number of nitrogens with zero attached hydrogens (tertiary/aromatic N) is 2. The van der Waals surface area contributed by atoms with Crippen LogP contribution in [0, 0.1) is 0 Å². The molecule has 1 aliphatic carbocycles. The van der Waals surface area contributed by atoms with Crippen molar-refractivity contribution in [2.24, 2.45) is 0 Å². The number of hydrogen-bond acceptors (Lipinski definition) is 4. The fourth-order valence-electron chi connectivity index (χ4n) is 5.69. The lowest BCUT2D eigenvalue weighted by atomic mass is 9.77. The predicted molar refractivity (Wildman–Crippen MR) is 116 cm³/mol. The van der Waals surface area contributed by atoms with Gasteiger partial charge >= 0.3 is 0 Å². The highest BCUT2D eigenvalue weighted by molar-refractivity contribution is 6.00. The summed E-state index contributed by atoms with van der Waals surface area (Å²) in [5.41, 5.74) is -0.301. The Morgan fingerprint density at radius 2 is 1.70 bits per heavy atom. The Morgan fingerprint density at radius 3 is 2.33 bits per heavy atom. The second kappa shape index (κ2) is 8.67. The molecule has 2 heterocycles. The van der Waals surface area contributed by atoms with Crippen LogP contribution in [0.15, 0.2) is 30.3 Å². The van der Waals surface area contributed by atoms with E-state index < -0.39 is 17.2 Å². The first-order chi connectivity index (χ1) is 14.5. The molecule has 3 fully saturated rings. The average molecular weight is 414 g/mol. The minimum absolute atomic E-state index is 0.0207. The normalized spacial score (nSPS) is 26.6. The van der Waals surface area contributed by atoms with Crippen LogP contribution in [0.2, 0.25) is 0 Å². The van der Waals surface area contributed by atoms with Crippen LogP contribution in [0.4, 0.5) is 0 Å². The van der Waals surface area contributed by atoms with Crippen molar-refractivity contribution < 1.29 is 14.7 Å². The molecule has 2 amide bonds. The second-order valence-electron chi connectivity index (χ2n) is 9.39. The van der Waals surface area contributed by atoms with E-state index in [1.807, 2.05) is 30.0 Å². The van der Waals surface area contributed by atoms with E-state index in [9.17, 15) is 14.7 Å². The van der Waals surface area contributed by atoms with Crippen LogP contribution in [0.25, 0.3) is 0 Å². The Hall–Kier alpha value is -1.92. The third-order valence-electron chi connectivity index (χ3n) is 7.43. The maximum absolute atomic E-state index is 13.4. The lowest BCUT2D eigenvalue weighted by molar-refractivity contribution is -0.163. The summed E-state index contributed by atoms with van der Waals surface area (Å²) in [6.07, 6.45) is 6.20. The number of carbonyl (C=O) groups is 2. The van der Waals surface area contributed by atoms with Gasteiger partial charge in [-0.25, -0.2) is 0 Å². The van der Waals surface area contributed by atoms with Gasteiger partial charge < -0.3 is 15.3 Å². The van der Waals surface area contributed by atoms with E-state index in [-0.39, 0.29) is 11.8 Å². The van der Waals surface area contributed by atoms with E-state index in [4.69, 9.17) is 0 Å². The van der Waals surface area contributed by atoms with Crippen LogP contribution in [-0.2, 0) is 16.1 Å². The number of benzene rings is 1. The van der Waals surface area contributed by atoms with Gasteiger partial charge in [0.2, 0.25) is 11.8 Å². The number of piperidine rings is 1. The molecule has 4 rings (SSSR count). The number of rotatable bonds is 5. The highest BCUT2D eigenvalue weighted by atomic mass is 16.3. The first kappa shape index (κ1) is 21.3. The van der Waals surface area contributed by atoms with Crippen molar-refractivity contribution in [2.75, 3.05) is 19.6 Å². The molecular formula is C24H35N3O3. The van der Waals surface area contributed by atoms with E-state index in [1.165, 1.54) is 5.56 Å². The number of amides is 2. The van der Waals surface area contributed by atoms with Crippen molar-refractivity contribution >= 4 is 11.8 Å². The Bertz CT molecular complexity index is 752. The summed E-state index contributed by atoms with van der Waals surface area (Å²) in [6.45, 7) is 4.94. The summed E-state index contributed by atoms with van der Waals surface area (Å²) in [7, 11) is 0. The van der Waals surface area contributed by atoms with Gasteiger partial charge in [0, 0.05) is 32.6 Å². The number of likely N-dealkylation sites (tertiary alicyclic amines) is 1. The zero-order valence-electron chi connectivity index (χ0n) is 18.1. The standard InChI is InChI=1S/C24H35N3O3/c1-2-27-21(28)20(17-23(30)11-7-4-8-12-23)25-22(29)24(27)13-15-26(16-14-24)18-19-9-5-3-6-10-19/h3,5-6,9-10,20,30H,2,4,7-8,11-18H2,1H3,(H,25,29)/t20-/m1/s1. The molecule has 1 atom stereocenters. The largest absolute Gasteiger partial charge is 0.390 e. The van der Waals surface area contributed by atoms with Crippen molar-refractivity contribution in [3.8, 4) is 0 Å². The van der Waals surface area contributed by atoms with Gasteiger partial charge in [0.1, 0.15) is 11.6 Å². The van der Waals surface area contributed by atoms with Crippen LogP contribution in [0.5, 0.6) is 0 Å². The van der Waals surface area contributed by atoms with Crippen LogP contribution >= 0.6 is 0 Å². The fraction of sp³-hybridized carbons (Fsp3) is 0.667. The Kier molecular flexibility index (Phi) is 6.16. The Balaban J connectivity index is 1.43. The topological polar surface area (TPSA) is 72.9 Å². The van der Waals surface area contributed by atoms with Gasteiger partial charge in [-0.1, -0.05) is 49.6 Å². The van der Waals surface area contributed by atoms with Gasteiger partial charge in [-0.05, 0) is 38.2 Å². The Labute approximate surface area is 179 Å². The quantitative estimate of drug-likeness (QED) is 0.778. The molecular weight excluding hydrogens is 378 g/mol. The summed E-state index contributed by atoms with van der Waals surface area (Å²) in [5.74, 6) is -0.0553. The highest BCUT2D eigenvalue weighted by Gasteiger charge is 2.54. The first-order valence-corrected chi connectivity index (χ1v) is 11.6. The van der Waals surface area contributed by atoms with Gasteiger partial charge in [0.15, 0.2) is 0 Å². The molecule has 164 valence electrons. The number of carbonyl (C=O) groups excluding carboxylic acids is 2. The van der Waals surface area contributed by atoms with Crippen molar-refractivity contribution in [3.05, 3.63) is 35.9 Å². The molecule has 30 heavy (non-hydrogen) atoms. The van der Waals surface area contributed by atoms with Crippen molar-refractivity contribution in [3.63, 3.8) is 0 Å². The maximum atomic E-state index is 13.4. The molecule has 0 aromatic heterocycles. The SMILES string of the molecule is CCN1C(=O)[C@@H](CC2(O)CCCCC2)NC(=O)C12CCN(Cc1ccccc1)CC2.